The van der Waals surface area contributed by atoms with Crippen LogP contribution in [-0.2, 0) is 6.42 Å². The number of rotatable bonds is 2. The molecule has 0 saturated heterocycles. The summed E-state index contributed by atoms with van der Waals surface area (Å²) in [4.78, 5) is 4.31. The van der Waals surface area contributed by atoms with Crippen LogP contribution < -0.4 is 0 Å². The molecule has 0 aliphatic heterocycles. The zero-order chi connectivity index (χ0) is 11.0. The maximum atomic E-state index is 6.12. The van der Waals surface area contributed by atoms with Crippen molar-refractivity contribution in [3.8, 4) is 0 Å². The Balaban J connectivity index is 2.51. The molecule has 4 heteroatoms. The van der Waals surface area contributed by atoms with Gasteiger partial charge in [0.1, 0.15) is 11.0 Å². The number of halogens is 1. The second kappa shape index (κ2) is 3.81. The first-order chi connectivity index (χ1) is 7.06. The summed E-state index contributed by atoms with van der Waals surface area (Å²) in [5.41, 5.74) is 2.05. The van der Waals surface area contributed by atoms with Crippen molar-refractivity contribution in [2.45, 2.75) is 27.2 Å². The molecule has 0 N–H and O–H groups in total. The van der Waals surface area contributed by atoms with Crippen molar-refractivity contribution in [1.82, 2.24) is 14.6 Å². The highest BCUT2D eigenvalue weighted by Crippen LogP contribution is 2.17. The number of hydrogen-bond acceptors (Lipinski definition) is 2. The minimum Gasteiger partial charge on any atom is -0.212 e. The minimum absolute atomic E-state index is 0.618. The first-order valence-corrected chi connectivity index (χ1v) is 5.46. The Bertz CT molecular complexity index is 488. The van der Waals surface area contributed by atoms with Crippen molar-refractivity contribution < 1.29 is 0 Å². The average molecular weight is 224 g/mol. The third-order valence-corrected chi connectivity index (χ3v) is 2.47. The highest BCUT2D eigenvalue weighted by Gasteiger charge is 2.06. The molecule has 80 valence electrons. The maximum Gasteiger partial charge on any atom is 0.157 e. The van der Waals surface area contributed by atoms with Gasteiger partial charge in [0.15, 0.2) is 5.65 Å². The van der Waals surface area contributed by atoms with Gasteiger partial charge in [-0.05, 0) is 37.0 Å². The van der Waals surface area contributed by atoms with Crippen molar-refractivity contribution in [2.75, 3.05) is 0 Å². The van der Waals surface area contributed by atoms with Gasteiger partial charge in [0, 0.05) is 0 Å². The van der Waals surface area contributed by atoms with Crippen LogP contribution in [0.15, 0.2) is 12.1 Å². The van der Waals surface area contributed by atoms with E-state index < -0.39 is 0 Å². The summed E-state index contributed by atoms with van der Waals surface area (Å²) in [6.07, 6.45) is 1.02. The first-order valence-electron chi connectivity index (χ1n) is 5.08. The van der Waals surface area contributed by atoms with Gasteiger partial charge in [0.25, 0.3) is 0 Å². The van der Waals surface area contributed by atoms with Crippen LogP contribution in [0.2, 0.25) is 5.15 Å². The Hall–Kier alpha value is -1.09. The normalized spacial score (nSPS) is 11.5. The van der Waals surface area contributed by atoms with Crippen molar-refractivity contribution in [3.05, 3.63) is 28.7 Å². The Morgan fingerprint density at radius 3 is 2.80 bits per heavy atom. The summed E-state index contributed by atoms with van der Waals surface area (Å²) in [6.45, 7) is 6.24. The predicted molar refractivity (Wildman–Crippen MR) is 61.3 cm³/mol. The quantitative estimate of drug-likeness (QED) is 0.733. The van der Waals surface area contributed by atoms with Crippen molar-refractivity contribution >= 4 is 17.2 Å². The van der Waals surface area contributed by atoms with Gasteiger partial charge in [-0.15, -0.1) is 0 Å². The fraction of sp³-hybridized carbons (Fsp3) is 0.455. The highest BCUT2D eigenvalue weighted by atomic mass is 35.5. The molecule has 2 rings (SSSR count). The second-order valence-electron chi connectivity index (χ2n) is 4.21. The molecule has 0 aliphatic rings. The molecule has 0 aliphatic carbocycles. The highest BCUT2D eigenvalue weighted by molar-refractivity contribution is 6.29. The summed E-state index contributed by atoms with van der Waals surface area (Å²) >= 11 is 6.12. The molecule has 3 nitrogen and oxygen atoms in total. The van der Waals surface area contributed by atoms with Crippen LogP contribution in [0.3, 0.4) is 0 Å². The summed E-state index contributed by atoms with van der Waals surface area (Å²) in [5, 5.41) is 4.84. The molecule has 15 heavy (non-hydrogen) atoms. The molecule has 2 aromatic rings. The summed E-state index contributed by atoms with van der Waals surface area (Å²) in [5.74, 6) is 1.37. The lowest BCUT2D eigenvalue weighted by atomic mass is 10.0. The average Bonchev–Trinajstić information content (AvgIpc) is 2.44. The SMILES string of the molecule is Cc1nc2cc(CC(C)C)cc(Cl)n2n1. The molecule has 0 radical (unpaired) electrons. The van der Waals surface area contributed by atoms with Crippen LogP contribution >= 0.6 is 11.6 Å². The van der Waals surface area contributed by atoms with Crippen LogP contribution in [0.25, 0.3) is 5.65 Å². The van der Waals surface area contributed by atoms with Crippen LogP contribution in [0, 0.1) is 12.8 Å². The van der Waals surface area contributed by atoms with Gasteiger partial charge in [-0.2, -0.15) is 5.10 Å². The van der Waals surface area contributed by atoms with Crippen LogP contribution in [-0.4, -0.2) is 14.6 Å². The van der Waals surface area contributed by atoms with E-state index in [1.807, 2.05) is 19.1 Å². The Kier molecular flexibility index (Phi) is 2.65. The predicted octanol–water partition coefficient (Wildman–Crippen LogP) is 2.89. The Labute approximate surface area is 94.1 Å². The van der Waals surface area contributed by atoms with Gasteiger partial charge in [0.05, 0.1) is 0 Å². The van der Waals surface area contributed by atoms with Gasteiger partial charge in [0.2, 0.25) is 0 Å². The van der Waals surface area contributed by atoms with Crippen LogP contribution in [0.1, 0.15) is 25.2 Å². The zero-order valence-corrected chi connectivity index (χ0v) is 9.91. The van der Waals surface area contributed by atoms with E-state index in [1.165, 1.54) is 5.56 Å². The lowest BCUT2D eigenvalue weighted by Crippen LogP contribution is -1.97. The van der Waals surface area contributed by atoms with Crippen LogP contribution in [0.5, 0.6) is 0 Å². The molecule has 0 amide bonds. The van der Waals surface area contributed by atoms with E-state index in [2.05, 4.69) is 23.9 Å². The molecule has 2 heterocycles. The summed E-state index contributed by atoms with van der Waals surface area (Å²) in [7, 11) is 0. The molecular weight excluding hydrogens is 210 g/mol. The van der Waals surface area contributed by atoms with Gasteiger partial charge in [-0.25, -0.2) is 9.50 Å². The molecule has 0 aromatic carbocycles. The molecule has 0 unspecified atom stereocenters. The lowest BCUT2D eigenvalue weighted by Gasteiger charge is -2.05. The van der Waals surface area contributed by atoms with Gasteiger partial charge >= 0.3 is 0 Å². The molecule has 0 spiro atoms. The molecule has 2 aromatic heterocycles. The van der Waals surface area contributed by atoms with E-state index in [9.17, 15) is 0 Å². The molecule has 0 bridgehead atoms. The molecule has 0 saturated carbocycles. The van der Waals surface area contributed by atoms with Crippen LogP contribution in [0.4, 0.5) is 0 Å². The van der Waals surface area contributed by atoms with Crippen molar-refractivity contribution in [2.24, 2.45) is 5.92 Å². The van der Waals surface area contributed by atoms with Gasteiger partial charge in [-0.3, -0.25) is 0 Å². The monoisotopic (exact) mass is 223 g/mol. The Morgan fingerprint density at radius 2 is 2.13 bits per heavy atom. The largest absolute Gasteiger partial charge is 0.212 e. The molecule has 0 fully saturated rings. The third-order valence-electron chi connectivity index (χ3n) is 2.20. The molecule has 0 atom stereocenters. The standard InChI is InChI=1S/C11H14ClN3/c1-7(2)4-9-5-10(12)15-11(6-9)13-8(3)14-15/h5-7H,4H2,1-3H3. The smallest absolute Gasteiger partial charge is 0.157 e. The second-order valence-corrected chi connectivity index (χ2v) is 4.60. The fourth-order valence-corrected chi connectivity index (χ4v) is 1.96. The van der Waals surface area contributed by atoms with Crippen molar-refractivity contribution in [3.63, 3.8) is 0 Å². The maximum absolute atomic E-state index is 6.12. The number of pyridine rings is 1. The van der Waals surface area contributed by atoms with E-state index in [0.717, 1.165) is 17.9 Å². The topological polar surface area (TPSA) is 30.2 Å². The number of fused-ring (bicyclic) bond motifs is 1. The fourth-order valence-electron chi connectivity index (χ4n) is 1.69. The summed E-state index contributed by atoms with van der Waals surface area (Å²) in [6, 6.07) is 4.01. The number of aryl methyl sites for hydroxylation is 1. The van der Waals surface area contributed by atoms with Crippen molar-refractivity contribution in [1.29, 1.82) is 0 Å². The van der Waals surface area contributed by atoms with Gasteiger partial charge < -0.3 is 0 Å². The molecular formula is C11H14ClN3. The third kappa shape index (κ3) is 2.12. The zero-order valence-electron chi connectivity index (χ0n) is 9.16. The van der Waals surface area contributed by atoms with E-state index in [4.69, 9.17) is 11.6 Å². The lowest BCUT2D eigenvalue weighted by molar-refractivity contribution is 0.646. The van der Waals surface area contributed by atoms with E-state index >= 15 is 0 Å². The first kappa shape index (κ1) is 10.4. The van der Waals surface area contributed by atoms with E-state index in [0.29, 0.717) is 11.1 Å². The van der Waals surface area contributed by atoms with Gasteiger partial charge in [-0.1, -0.05) is 25.4 Å². The number of aromatic nitrogens is 3. The minimum atomic E-state index is 0.618. The number of nitrogens with zero attached hydrogens (tertiary/aromatic N) is 3. The van der Waals surface area contributed by atoms with E-state index in [1.54, 1.807) is 4.52 Å². The summed E-state index contributed by atoms with van der Waals surface area (Å²) < 4.78 is 1.67. The van der Waals surface area contributed by atoms with E-state index in [-0.39, 0.29) is 0 Å². The Morgan fingerprint density at radius 1 is 1.40 bits per heavy atom. The number of hydrogen-bond donors (Lipinski definition) is 0.